The molecule has 0 N–H and O–H groups in total. The van der Waals surface area contributed by atoms with Crippen LogP contribution in [0.1, 0.15) is 44.4 Å². The summed E-state index contributed by atoms with van der Waals surface area (Å²) in [5, 5.41) is 0. The molecule has 0 saturated heterocycles. The summed E-state index contributed by atoms with van der Waals surface area (Å²) in [5.41, 5.74) is 4.22. The van der Waals surface area contributed by atoms with Crippen molar-refractivity contribution in [1.29, 1.82) is 0 Å². The van der Waals surface area contributed by atoms with E-state index >= 15 is 0 Å². The van der Waals surface area contributed by atoms with Crippen molar-refractivity contribution < 1.29 is 8.78 Å². The highest BCUT2D eigenvalue weighted by atomic mass is 19.1. The standard InChI is InChI=1S/C30H33F2N3/c1-3-5-20-34(21-25-26(31)17-12-18-27(25)32)22-28-29(23-13-8-6-9-14-23)33-30(35(28)19-4-2)24-15-10-7-11-16-24/h6-18H,3-5,19-22H2,1-2H3. The minimum absolute atomic E-state index is 0.120. The molecular formula is C30H33F2N3. The van der Waals surface area contributed by atoms with Crippen LogP contribution in [0, 0.1) is 11.6 Å². The van der Waals surface area contributed by atoms with Crippen LogP contribution in [0.5, 0.6) is 0 Å². The van der Waals surface area contributed by atoms with Crippen molar-refractivity contribution in [3.63, 3.8) is 0 Å². The summed E-state index contributed by atoms with van der Waals surface area (Å²) < 4.78 is 31.4. The van der Waals surface area contributed by atoms with E-state index in [1.165, 1.54) is 18.2 Å². The largest absolute Gasteiger partial charge is 0.326 e. The van der Waals surface area contributed by atoms with Gasteiger partial charge in [0.25, 0.3) is 0 Å². The van der Waals surface area contributed by atoms with Crippen molar-refractivity contribution in [2.24, 2.45) is 0 Å². The van der Waals surface area contributed by atoms with Crippen molar-refractivity contribution in [2.45, 2.75) is 52.7 Å². The van der Waals surface area contributed by atoms with Crippen LogP contribution in [0.25, 0.3) is 22.6 Å². The average molecular weight is 474 g/mol. The van der Waals surface area contributed by atoms with Gasteiger partial charge in [-0.3, -0.25) is 4.90 Å². The maximum Gasteiger partial charge on any atom is 0.140 e. The number of halogens is 2. The first-order valence-electron chi connectivity index (χ1n) is 12.5. The number of hydrogen-bond acceptors (Lipinski definition) is 2. The highest BCUT2D eigenvalue weighted by Crippen LogP contribution is 2.31. The lowest BCUT2D eigenvalue weighted by Gasteiger charge is -2.24. The number of aromatic nitrogens is 2. The molecule has 0 aliphatic carbocycles. The Balaban J connectivity index is 1.81. The van der Waals surface area contributed by atoms with E-state index in [0.29, 0.717) is 6.54 Å². The Morgan fingerprint density at radius 2 is 1.37 bits per heavy atom. The van der Waals surface area contributed by atoms with Crippen LogP contribution < -0.4 is 0 Å². The number of imidazole rings is 1. The van der Waals surface area contributed by atoms with Gasteiger partial charge in [0, 0.05) is 36.3 Å². The quantitative estimate of drug-likeness (QED) is 0.222. The van der Waals surface area contributed by atoms with Gasteiger partial charge >= 0.3 is 0 Å². The number of nitrogens with zero attached hydrogens (tertiary/aromatic N) is 3. The molecule has 3 aromatic carbocycles. The molecule has 5 heteroatoms. The third kappa shape index (κ3) is 5.85. The molecule has 0 atom stereocenters. The van der Waals surface area contributed by atoms with Gasteiger partial charge in [0.05, 0.1) is 11.4 Å². The summed E-state index contributed by atoms with van der Waals surface area (Å²) in [4.78, 5) is 7.28. The Kier molecular flexibility index (Phi) is 8.43. The van der Waals surface area contributed by atoms with Crippen molar-refractivity contribution >= 4 is 0 Å². The van der Waals surface area contributed by atoms with Crippen LogP contribution in [0.2, 0.25) is 0 Å². The molecule has 4 aromatic rings. The van der Waals surface area contributed by atoms with Crippen LogP contribution in [-0.2, 0) is 19.6 Å². The van der Waals surface area contributed by atoms with Gasteiger partial charge in [-0.2, -0.15) is 0 Å². The first-order valence-corrected chi connectivity index (χ1v) is 12.5. The third-order valence-electron chi connectivity index (χ3n) is 6.24. The molecule has 1 aromatic heterocycles. The molecule has 0 fully saturated rings. The fraction of sp³-hybridized carbons (Fsp3) is 0.300. The SMILES string of the molecule is CCCCN(Cc1c(F)cccc1F)Cc1c(-c2ccccc2)nc(-c2ccccc2)n1CCC. The lowest BCUT2D eigenvalue weighted by molar-refractivity contribution is 0.239. The van der Waals surface area contributed by atoms with Gasteiger partial charge in [-0.1, -0.05) is 87.0 Å². The Labute approximate surface area is 207 Å². The molecule has 4 rings (SSSR count). The molecule has 3 nitrogen and oxygen atoms in total. The van der Waals surface area contributed by atoms with Gasteiger partial charge < -0.3 is 4.57 Å². The van der Waals surface area contributed by atoms with Crippen molar-refractivity contribution in [3.05, 3.63) is 102 Å². The molecule has 0 unspecified atom stereocenters. The second-order valence-electron chi connectivity index (χ2n) is 8.88. The summed E-state index contributed by atoms with van der Waals surface area (Å²) >= 11 is 0. The van der Waals surface area contributed by atoms with Crippen molar-refractivity contribution in [3.8, 4) is 22.6 Å². The van der Waals surface area contributed by atoms with Gasteiger partial charge in [-0.25, -0.2) is 13.8 Å². The second kappa shape index (κ2) is 11.9. The molecule has 182 valence electrons. The first-order chi connectivity index (χ1) is 17.1. The maximum atomic E-state index is 14.6. The number of rotatable bonds is 11. The third-order valence-corrected chi connectivity index (χ3v) is 6.24. The van der Waals surface area contributed by atoms with Crippen LogP contribution in [0.3, 0.4) is 0 Å². The fourth-order valence-corrected chi connectivity index (χ4v) is 4.46. The first kappa shape index (κ1) is 24.8. The van der Waals surface area contributed by atoms with Gasteiger partial charge in [0.1, 0.15) is 17.5 Å². The lowest BCUT2D eigenvalue weighted by atomic mass is 10.1. The van der Waals surface area contributed by atoms with E-state index in [1.54, 1.807) is 0 Å². The molecule has 0 bridgehead atoms. The van der Waals surface area contributed by atoms with Crippen LogP contribution >= 0.6 is 0 Å². The average Bonchev–Trinajstić information content (AvgIpc) is 3.23. The minimum atomic E-state index is -0.498. The molecule has 0 saturated carbocycles. The van der Waals surface area contributed by atoms with E-state index in [2.05, 4.69) is 47.6 Å². The molecule has 35 heavy (non-hydrogen) atoms. The molecule has 0 aliphatic heterocycles. The number of hydrogen-bond donors (Lipinski definition) is 0. The summed E-state index contributed by atoms with van der Waals surface area (Å²) in [6.07, 6.45) is 2.91. The van der Waals surface area contributed by atoms with E-state index in [9.17, 15) is 8.78 Å². The van der Waals surface area contributed by atoms with Crippen LogP contribution in [0.4, 0.5) is 8.78 Å². The Hall–Kier alpha value is -3.31. The zero-order valence-electron chi connectivity index (χ0n) is 20.6. The summed E-state index contributed by atoms with van der Waals surface area (Å²) in [6.45, 7) is 6.62. The molecule has 1 heterocycles. The predicted molar refractivity (Wildman–Crippen MR) is 139 cm³/mol. The highest BCUT2D eigenvalue weighted by Gasteiger charge is 2.22. The predicted octanol–water partition coefficient (Wildman–Crippen LogP) is 7.71. The smallest absolute Gasteiger partial charge is 0.140 e. The monoisotopic (exact) mass is 473 g/mol. The topological polar surface area (TPSA) is 21.1 Å². The van der Waals surface area contributed by atoms with Crippen LogP contribution in [-0.4, -0.2) is 21.0 Å². The highest BCUT2D eigenvalue weighted by molar-refractivity contribution is 5.68. The maximum absolute atomic E-state index is 14.6. The van der Waals surface area contributed by atoms with Gasteiger partial charge in [-0.15, -0.1) is 0 Å². The summed E-state index contributed by atoms with van der Waals surface area (Å²) in [7, 11) is 0. The van der Waals surface area contributed by atoms with Crippen molar-refractivity contribution in [2.75, 3.05) is 6.54 Å². The van der Waals surface area contributed by atoms with E-state index in [0.717, 1.165) is 60.7 Å². The van der Waals surface area contributed by atoms with E-state index in [4.69, 9.17) is 4.98 Å². The number of benzene rings is 3. The van der Waals surface area contributed by atoms with Gasteiger partial charge in [-0.05, 0) is 31.5 Å². The summed E-state index contributed by atoms with van der Waals surface area (Å²) in [5.74, 6) is -0.0718. The Morgan fingerprint density at radius 1 is 0.743 bits per heavy atom. The molecule has 0 aliphatic rings. The molecule has 0 radical (unpaired) electrons. The Bertz CT molecular complexity index is 1200. The minimum Gasteiger partial charge on any atom is -0.326 e. The number of unbranched alkanes of at least 4 members (excludes halogenated alkanes) is 1. The Morgan fingerprint density at radius 3 is 1.97 bits per heavy atom. The van der Waals surface area contributed by atoms with Crippen LogP contribution in [0.15, 0.2) is 78.9 Å². The zero-order valence-corrected chi connectivity index (χ0v) is 20.6. The zero-order chi connectivity index (χ0) is 24.6. The lowest BCUT2D eigenvalue weighted by Crippen LogP contribution is -2.27. The van der Waals surface area contributed by atoms with E-state index < -0.39 is 11.6 Å². The van der Waals surface area contributed by atoms with E-state index in [-0.39, 0.29) is 12.1 Å². The fourth-order valence-electron chi connectivity index (χ4n) is 4.46. The molecule has 0 spiro atoms. The van der Waals surface area contributed by atoms with Crippen molar-refractivity contribution in [1.82, 2.24) is 14.5 Å². The normalized spacial score (nSPS) is 11.3. The van der Waals surface area contributed by atoms with Gasteiger partial charge in [0.15, 0.2) is 0 Å². The molecule has 0 amide bonds. The molecular weight excluding hydrogens is 440 g/mol. The summed E-state index contributed by atoms with van der Waals surface area (Å²) in [6, 6.07) is 24.5. The van der Waals surface area contributed by atoms with E-state index in [1.807, 2.05) is 36.4 Å². The van der Waals surface area contributed by atoms with Gasteiger partial charge in [0.2, 0.25) is 0 Å². The second-order valence-corrected chi connectivity index (χ2v) is 8.88.